The summed E-state index contributed by atoms with van der Waals surface area (Å²) in [5.41, 5.74) is 1.15. The average Bonchev–Trinajstić information content (AvgIpc) is 3.18. The first kappa shape index (κ1) is 50.6. The fourth-order valence-corrected chi connectivity index (χ4v) is 3.95. The highest BCUT2D eigenvalue weighted by Gasteiger charge is 2.03. The van der Waals surface area contributed by atoms with Gasteiger partial charge in [0, 0.05) is 6.54 Å². The minimum absolute atomic E-state index is 0.298. The highest BCUT2D eigenvalue weighted by atomic mass is 16.6. The number of carbonyl (C=O) groups excluding carboxylic acids is 1. The van der Waals surface area contributed by atoms with Gasteiger partial charge in [0.2, 0.25) is 5.91 Å². The number of aliphatic carboxylic acids is 1. The van der Waals surface area contributed by atoms with E-state index in [1.807, 2.05) is 30.3 Å². The highest BCUT2D eigenvalue weighted by Crippen LogP contribution is 2.00. The molecule has 0 heterocycles. The van der Waals surface area contributed by atoms with Crippen LogP contribution >= 0.6 is 0 Å². The van der Waals surface area contributed by atoms with Gasteiger partial charge in [0.05, 0.1) is 172 Å². The number of carboxylic acids is 1. The van der Waals surface area contributed by atoms with Gasteiger partial charge in [-0.05, 0) is 5.56 Å². The van der Waals surface area contributed by atoms with Gasteiger partial charge in [0.15, 0.2) is 0 Å². The van der Waals surface area contributed by atoms with Crippen LogP contribution in [-0.4, -0.2) is 202 Å². The molecule has 0 fully saturated rings. The Labute approximate surface area is 325 Å². The Hall–Kier alpha value is -2.40. The largest absolute Gasteiger partial charge is 0.480 e. The Balaban J connectivity index is 1.61. The molecule has 0 atom stereocenters. The predicted molar refractivity (Wildman–Crippen MR) is 197 cm³/mol. The van der Waals surface area contributed by atoms with Crippen molar-refractivity contribution in [1.82, 2.24) is 5.32 Å². The van der Waals surface area contributed by atoms with E-state index in [-0.39, 0.29) is 6.61 Å². The van der Waals surface area contributed by atoms with Crippen molar-refractivity contribution in [1.29, 1.82) is 0 Å². The number of hydrogen-bond acceptors (Lipinski definition) is 16. The second-order valence-electron chi connectivity index (χ2n) is 11.1. The van der Waals surface area contributed by atoms with E-state index in [0.717, 1.165) is 5.56 Å². The molecule has 2 N–H and O–H groups in total. The molecule has 0 aliphatic heterocycles. The van der Waals surface area contributed by atoms with Crippen molar-refractivity contribution in [2.24, 2.45) is 0 Å². The van der Waals surface area contributed by atoms with Crippen molar-refractivity contribution in [3.05, 3.63) is 35.9 Å². The Morgan fingerprint density at radius 3 is 0.982 bits per heavy atom. The lowest BCUT2D eigenvalue weighted by Crippen LogP contribution is -2.31. The van der Waals surface area contributed by atoms with Crippen LogP contribution in [0.2, 0.25) is 0 Å². The van der Waals surface area contributed by atoms with Gasteiger partial charge in [-0.15, -0.1) is 0 Å². The Morgan fingerprint density at radius 1 is 0.382 bits per heavy atom. The molecule has 320 valence electrons. The minimum atomic E-state index is -1.13. The first-order chi connectivity index (χ1) is 27.2. The van der Waals surface area contributed by atoms with Crippen LogP contribution < -0.4 is 5.32 Å². The second kappa shape index (κ2) is 42.7. The van der Waals surface area contributed by atoms with Crippen LogP contribution in [0.15, 0.2) is 30.3 Å². The maximum absolute atomic E-state index is 11.4. The van der Waals surface area contributed by atoms with Crippen molar-refractivity contribution in [2.75, 3.05) is 185 Å². The van der Waals surface area contributed by atoms with E-state index in [2.05, 4.69) is 10.1 Å². The number of nitrogens with one attached hydrogen (secondary N) is 1. The molecule has 0 radical (unpaired) electrons. The highest BCUT2D eigenvalue weighted by molar-refractivity contribution is 5.77. The number of hydrogen-bond donors (Lipinski definition) is 2. The maximum Gasteiger partial charge on any atom is 0.329 e. The van der Waals surface area contributed by atoms with Crippen LogP contribution in [0.4, 0.5) is 0 Å². The van der Waals surface area contributed by atoms with E-state index in [9.17, 15) is 9.59 Å². The number of benzene rings is 1. The zero-order valence-corrected chi connectivity index (χ0v) is 32.4. The molecule has 1 rings (SSSR count). The molecule has 0 saturated heterocycles. The Bertz CT molecular complexity index is 950. The Kier molecular flexibility index (Phi) is 39.3. The summed E-state index contributed by atoms with van der Waals surface area (Å²) in [4.78, 5) is 21.7. The summed E-state index contributed by atoms with van der Waals surface area (Å²) in [6.07, 6.45) is 0. The lowest BCUT2D eigenvalue weighted by atomic mass is 10.2. The molecule has 55 heavy (non-hydrogen) atoms. The third-order valence-corrected chi connectivity index (χ3v) is 6.60. The fourth-order valence-electron chi connectivity index (χ4n) is 3.95. The molecule has 0 aliphatic carbocycles. The summed E-state index contributed by atoms with van der Waals surface area (Å²) in [5.74, 6) is -1.52. The van der Waals surface area contributed by atoms with E-state index in [1.165, 1.54) is 0 Å². The topological polar surface area (TPSA) is 196 Å². The van der Waals surface area contributed by atoms with E-state index in [0.29, 0.717) is 178 Å². The van der Waals surface area contributed by atoms with Crippen molar-refractivity contribution in [3.8, 4) is 0 Å². The first-order valence-electron chi connectivity index (χ1n) is 18.8. The van der Waals surface area contributed by atoms with Gasteiger partial charge >= 0.3 is 5.97 Å². The summed E-state index contributed by atoms with van der Waals surface area (Å²) in [6, 6.07) is 10.0. The molecule has 0 saturated carbocycles. The minimum Gasteiger partial charge on any atom is -0.480 e. The number of amides is 1. The lowest BCUT2D eigenvalue weighted by molar-refractivity contribution is -0.143. The van der Waals surface area contributed by atoms with Gasteiger partial charge < -0.3 is 76.7 Å². The summed E-state index contributed by atoms with van der Waals surface area (Å²) in [6.45, 7) is 11.9. The number of carbonyl (C=O) groups is 2. The predicted octanol–water partition coefficient (Wildman–Crippen LogP) is 0.620. The Morgan fingerprint density at radius 2 is 0.673 bits per heavy atom. The van der Waals surface area contributed by atoms with E-state index in [4.69, 9.17) is 66.7 Å². The summed E-state index contributed by atoms with van der Waals surface area (Å²) >= 11 is 0. The van der Waals surface area contributed by atoms with Gasteiger partial charge in [-0.3, -0.25) is 4.79 Å². The molecule has 18 heteroatoms. The molecule has 1 aromatic carbocycles. The van der Waals surface area contributed by atoms with Crippen LogP contribution in [0, 0.1) is 0 Å². The maximum atomic E-state index is 11.4. The zero-order valence-electron chi connectivity index (χ0n) is 32.4. The zero-order chi connectivity index (χ0) is 39.4. The fraction of sp³-hybridized carbons (Fsp3) is 0.784. The van der Waals surface area contributed by atoms with Gasteiger partial charge in [0.1, 0.15) is 13.2 Å². The SMILES string of the molecule is O=C(O)COCC(=O)NCCOCCOCCOCCOCCOCCOCCOCCOCCOCCOCCOCCOCCOCc1ccccc1. The third kappa shape index (κ3) is 41.1. The average molecular weight is 796 g/mol. The van der Waals surface area contributed by atoms with Gasteiger partial charge in [-0.25, -0.2) is 4.79 Å². The van der Waals surface area contributed by atoms with Gasteiger partial charge in [-0.1, -0.05) is 30.3 Å². The second-order valence-corrected chi connectivity index (χ2v) is 11.1. The van der Waals surface area contributed by atoms with Gasteiger partial charge in [0.25, 0.3) is 0 Å². The molecule has 0 unspecified atom stereocenters. The molecule has 0 aromatic heterocycles. The normalized spacial score (nSPS) is 11.3. The van der Waals surface area contributed by atoms with Crippen molar-refractivity contribution in [2.45, 2.75) is 6.61 Å². The van der Waals surface area contributed by atoms with Crippen LogP contribution in [-0.2, 0) is 82.5 Å². The quantitative estimate of drug-likeness (QED) is 0.0872. The number of rotatable bonds is 45. The number of carboxylic acid groups (broad SMARTS) is 1. The smallest absolute Gasteiger partial charge is 0.329 e. The molecule has 0 spiro atoms. The van der Waals surface area contributed by atoms with Crippen molar-refractivity contribution < 1.29 is 81.0 Å². The molecular weight excluding hydrogens is 730 g/mol. The summed E-state index contributed by atoms with van der Waals surface area (Å²) in [7, 11) is 0. The molecule has 0 aliphatic rings. The molecule has 1 amide bonds. The van der Waals surface area contributed by atoms with Crippen LogP contribution in [0.25, 0.3) is 0 Å². The van der Waals surface area contributed by atoms with Crippen molar-refractivity contribution in [3.63, 3.8) is 0 Å². The molecular formula is C37H65NO17. The van der Waals surface area contributed by atoms with E-state index >= 15 is 0 Å². The monoisotopic (exact) mass is 795 g/mol. The third-order valence-electron chi connectivity index (χ3n) is 6.60. The number of ether oxygens (including phenoxy) is 14. The molecule has 1 aromatic rings. The lowest BCUT2D eigenvalue weighted by Gasteiger charge is -2.09. The van der Waals surface area contributed by atoms with E-state index in [1.54, 1.807) is 0 Å². The van der Waals surface area contributed by atoms with Crippen LogP contribution in [0.5, 0.6) is 0 Å². The van der Waals surface area contributed by atoms with Crippen LogP contribution in [0.3, 0.4) is 0 Å². The van der Waals surface area contributed by atoms with E-state index < -0.39 is 18.5 Å². The summed E-state index contributed by atoms with van der Waals surface area (Å²) in [5, 5.41) is 11.0. The first-order valence-corrected chi connectivity index (χ1v) is 18.8. The molecule has 18 nitrogen and oxygen atoms in total. The molecule has 0 bridgehead atoms. The standard InChI is InChI=1S/C37H65NO17/c39-36(33-55-34-37(40)41)38-6-7-42-8-9-43-10-11-44-12-13-45-14-15-46-16-17-47-18-19-48-20-21-49-22-23-50-24-25-51-26-27-52-28-29-53-30-31-54-32-35-4-2-1-3-5-35/h1-5H,6-34H2,(H,38,39)(H,40,41). The van der Waals surface area contributed by atoms with Crippen molar-refractivity contribution >= 4 is 11.9 Å². The van der Waals surface area contributed by atoms with Gasteiger partial charge in [-0.2, -0.15) is 0 Å². The summed E-state index contributed by atoms with van der Waals surface area (Å²) < 4.78 is 75.7. The van der Waals surface area contributed by atoms with Crippen LogP contribution in [0.1, 0.15) is 5.56 Å².